The third-order valence-corrected chi connectivity index (χ3v) is 7.68. The SMILES string of the molecule is CCCCOc1ccc(S(=O)(=O)N2CCS[C@@H]2c2cccc([N+](=O)[O-])c2)cc1. The summed E-state index contributed by atoms with van der Waals surface area (Å²) in [5.74, 6) is 1.27. The molecule has 0 amide bonds. The van der Waals surface area contributed by atoms with Crippen molar-refractivity contribution in [3.63, 3.8) is 0 Å². The monoisotopic (exact) mass is 422 g/mol. The van der Waals surface area contributed by atoms with Crippen LogP contribution in [0.2, 0.25) is 0 Å². The van der Waals surface area contributed by atoms with Gasteiger partial charge in [-0.1, -0.05) is 25.5 Å². The Morgan fingerprint density at radius 1 is 1.25 bits per heavy atom. The lowest BCUT2D eigenvalue weighted by Crippen LogP contribution is -2.30. The van der Waals surface area contributed by atoms with Gasteiger partial charge >= 0.3 is 0 Å². The second-order valence-corrected chi connectivity index (χ2v) is 9.44. The minimum Gasteiger partial charge on any atom is -0.494 e. The predicted molar refractivity (Wildman–Crippen MR) is 109 cm³/mol. The quantitative estimate of drug-likeness (QED) is 0.360. The molecular formula is C19H22N2O5S2. The number of hydrogen-bond donors (Lipinski definition) is 0. The van der Waals surface area contributed by atoms with E-state index in [1.54, 1.807) is 36.4 Å². The summed E-state index contributed by atoms with van der Waals surface area (Å²) in [6, 6.07) is 12.6. The Morgan fingerprint density at radius 2 is 2.00 bits per heavy atom. The van der Waals surface area contributed by atoms with E-state index in [-0.39, 0.29) is 10.6 Å². The van der Waals surface area contributed by atoms with Crippen LogP contribution < -0.4 is 4.74 Å². The van der Waals surface area contributed by atoms with E-state index >= 15 is 0 Å². The number of hydrogen-bond acceptors (Lipinski definition) is 6. The maximum atomic E-state index is 13.1. The Labute approximate surface area is 168 Å². The van der Waals surface area contributed by atoms with E-state index < -0.39 is 20.3 Å². The molecular weight excluding hydrogens is 400 g/mol. The zero-order chi connectivity index (χ0) is 20.1. The Kier molecular flexibility index (Phi) is 6.58. The van der Waals surface area contributed by atoms with Gasteiger partial charge in [-0.3, -0.25) is 10.1 Å². The van der Waals surface area contributed by atoms with Gasteiger partial charge in [-0.15, -0.1) is 11.8 Å². The van der Waals surface area contributed by atoms with Crippen LogP contribution in [0.1, 0.15) is 30.7 Å². The van der Waals surface area contributed by atoms with Crippen LogP contribution in [0.25, 0.3) is 0 Å². The predicted octanol–water partition coefficient (Wildman–Crippen LogP) is 4.21. The van der Waals surface area contributed by atoms with E-state index in [2.05, 4.69) is 6.92 Å². The first-order valence-electron chi connectivity index (χ1n) is 9.04. The zero-order valence-corrected chi connectivity index (χ0v) is 17.1. The highest BCUT2D eigenvalue weighted by atomic mass is 32.2. The Balaban J connectivity index is 1.82. The molecule has 2 aromatic carbocycles. The van der Waals surface area contributed by atoms with Gasteiger partial charge in [-0.05, 0) is 36.2 Å². The second kappa shape index (κ2) is 8.93. The van der Waals surface area contributed by atoms with Gasteiger partial charge in [0.2, 0.25) is 10.0 Å². The molecule has 1 saturated heterocycles. The van der Waals surface area contributed by atoms with E-state index in [0.29, 0.717) is 30.2 Å². The summed E-state index contributed by atoms with van der Waals surface area (Å²) < 4.78 is 33.3. The summed E-state index contributed by atoms with van der Waals surface area (Å²) in [5, 5.41) is 10.6. The molecule has 1 atom stereocenters. The lowest BCUT2D eigenvalue weighted by molar-refractivity contribution is -0.384. The number of benzene rings is 2. The number of rotatable bonds is 8. The molecule has 0 aromatic heterocycles. The van der Waals surface area contributed by atoms with Crippen molar-refractivity contribution in [3.8, 4) is 5.75 Å². The number of ether oxygens (including phenoxy) is 1. The molecule has 0 aliphatic carbocycles. The molecule has 1 aliphatic rings. The highest BCUT2D eigenvalue weighted by Crippen LogP contribution is 2.42. The third kappa shape index (κ3) is 4.48. The first-order chi connectivity index (χ1) is 13.4. The number of nitro benzene ring substituents is 1. The average molecular weight is 423 g/mol. The zero-order valence-electron chi connectivity index (χ0n) is 15.5. The van der Waals surface area contributed by atoms with Crippen molar-refractivity contribution in [1.82, 2.24) is 4.31 Å². The van der Waals surface area contributed by atoms with E-state index in [1.807, 2.05) is 0 Å². The summed E-state index contributed by atoms with van der Waals surface area (Å²) in [5.41, 5.74) is 0.565. The average Bonchev–Trinajstić information content (AvgIpc) is 3.19. The van der Waals surface area contributed by atoms with Crippen LogP contribution in [-0.2, 0) is 10.0 Å². The normalized spacial score (nSPS) is 17.5. The van der Waals surface area contributed by atoms with Gasteiger partial charge < -0.3 is 4.74 Å². The minimum absolute atomic E-state index is 0.0454. The molecule has 0 radical (unpaired) electrons. The van der Waals surface area contributed by atoms with Crippen LogP contribution in [0.5, 0.6) is 5.75 Å². The molecule has 0 spiro atoms. The smallest absolute Gasteiger partial charge is 0.269 e. The molecule has 150 valence electrons. The highest BCUT2D eigenvalue weighted by Gasteiger charge is 2.37. The van der Waals surface area contributed by atoms with Gasteiger partial charge in [0, 0.05) is 24.4 Å². The first kappa shape index (κ1) is 20.6. The fourth-order valence-electron chi connectivity index (χ4n) is 2.93. The number of sulfonamides is 1. The van der Waals surface area contributed by atoms with Gasteiger partial charge in [0.1, 0.15) is 5.75 Å². The van der Waals surface area contributed by atoms with Crippen LogP contribution in [0.3, 0.4) is 0 Å². The number of non-ortho nitro benzene ring substituents is 1. The van der Waals surface area contributed by atoms with Gasteiger partial charge in [-0.25, -0.2) is 8.42 Å². The van der Waals surface area contributed by atoms with Gasteiger partial charge in [0.15, 0.2) is 0 Å². The van der Waals surface area contributed by atoms with Crippen molar-refractivity contribution in [2.24, 2.45) is 0 Å². The summed E-state index contributed by atoms with van der Waals surface area (Å²) in [7, 11) is -3.72. The molecule has 2 aromatic rings. The molecule has 3 rings (SSSR count). The Bertz CT molecular complexity index is 932. The third-order valence-electron chi connectivity index (χ3n) is 4.41. The van der Waals surface area contributed by atoms with Crippen LogP contribution in [0, 0.1) is 10.1 Å². The van der Waals surface area contributed by atoms with Crippen molar-refractivity contribution in [1.29, 1.82) is 0 Å². The Hall–Kier alpha value is -2.10. The number of thioether (sulfide) groups is 1. The van der Waals surface area contributed by atoms with E-state index in [4.69, 9.17) is 4.74 Å². The van der Waals surface area contributed by atoms with Crippen LogP contribution >= 0.6 is 11.8 Å². The summed E-state index contributed by atoms with van der Waals surface area (Å²) >= 11 is 1.46. The molecule has 1 aliphatic heterocycles. The fraction of sp³-hybridized carbons (Fsp3) is 0.368. The largest absolute Gasteiger partial charge is 0.494 e. The topological polar surface area (TPSA) is 89.8 Å². The number of unbranched alkanes of at least 4 members (excludes halogenated alkanes) is 1. The first-order valence-corrected chi connectivity index (χ1v) is 11.5. The van der Waals surface area contributed by atoms with Gasteiger partial charge in [-0.2, -0.15) is 4.31 Å². The van der Waals surface area contributed by atoms with Crippen molar-refractivity contribution in [2.45, 2.75) is 30.0 Å². The molecule has 1 heterocycles. The molecule has 28 heavy (non-hydrogen) atoms. The van der Waals surface area contributed by atoms with Crippen molar-refractivity contribution in [3.05, 3.63) is 64.2 Å². The van der Waals surface area contributed by atoms with Gasteiger partial charge in [0.25, 0.3) is 5.69 Å². The molecule has 9 heteroatoms. The number of nitrogens with zero attached hydrogens (tertiary/aromatic N) is 2. The summed E-state index contributed by atoms with van der Waals surface area (Å²) in [4.78, 5) is 10.8. The van der Waals surface area contributed by atoms with Crippen LogP contribution in [0.4, 0.5) is 5.69 Å². The molecule has 0 unspecified atom stereocenters. The van der Waals surface area contributed by atoms with E-state index in [0.717, 1.165) is 12.8 Å². The highest BCUT2D eigenvalue weighted by molar-refractivity contribution is 8.01. The Morgan fingerprint density at radius 3 is 2.68 bits per heavy atom. The van der Waals surface area contributed by atoms with Crippen LogP contribution in [-0.4, -0.2) is 36.6 Å². The fourth-order valence-corrected chi connectivity index (χ4v) is 6.16. The molecule has 1 fully saturated rings. The standard InChI is InChI=1S/C19H22N2O5S2/c1-2-3-12-26-17-7-9-18(10-8-17)28(24,25)20-11-13-27-19(20)15-5-4-6-16(14-15)21(22)23/h4-10,14,19H,2-3,11-13H2,1H3/t19-/m1/s1. The lowest BCUT2D eigenvalue weighted by Gasteiger charge is -2.23. The summed E-state index contributed by atoms with van der Waals surface area (Å²) in [6.45, 7) is 3.03. The molecule has 0 saturated carbocycles. The molecule has 7 nitrogen and oxygen atoms in total. The van der Waals surface area contributed by atoms with E-state index in [9.17, 15) is 18.5 Å². The van der Waals surface area contributed by atoms with Crippen molar-refractivity contribution < 1.29 is 18.1 Å². The second-order valence-electron chi connectivity index (χ2n) is 6.36. The number of nitro groups is 1. The molecule has 0 N–H and O–H groups in total. The van der Waals surface area contributed by atoms with Crippen molar-refractivity contribution in [2.75, 3.05) is 18.9 Å². The lowest BCUT2D eigenvalue weighted by atomic mass is 10.2. The maximum absolute atomic E-state index is 13.1. The van der Waals surface area contributed by atoms with E-state index in [1.165, 1.54) is 28.2 Å². The van der Waals surface area contributed by atoms with Gasteiger partial charge in [0.05, 0.1) is 21.8 Å². The van der Waals surface area contributed by atoms with Crippen molar-refractivity contribution >= 4 is 27.5 Å². The maximum Gasteiger partial charge on any atom is 0.269 e. The van der Waals surface area contributed by atoms with Crippen LogP contribution in [0.15, 0.2) is 53.4 Å². The minimum atomic E-state index is -3.72. The molecule has 0 bridgehead atoms. The summed E-state index contributed by atoms with van der Waals surface area (Å²) in [6.07, 6.45) is 1.97.